The Balaban J connectivity index is 1.95. The quantitative estimate of drug-likeness (QED) is 0.791. The van der Waals surface area contributed by atoms with E-state index in [9.17, 15) is 8.42 Å². The summed E-state index contributed by atoms with van der Waals surface area (Å²) in [6.45, 7) is 4.16. The summed E-state index contributed by atoms with van der Waals surface area (Å²) in [5.41, 5.74) is 5.81. The first-order valence-corrected chi connectivity index (χ1v) is 7.84. The smallest absolute Gasteiger partial charge is 0.217 e. The molecule has 0 bridgehead atoms. The molecule has 0 unspecified atom stereocenters. The van der Waals surface area contributed by atoms with Gasteiger partial charge in [0, 0.05) is 31.8 Å². The lowest BCUT2D eigenvalue weighted by Gasteiger charge is -2.48. The Morgan fingerprint density at radius 1 is 1.35 bits per heavy atom. The van der Waals surface area contributed by atoms with Gasteiger partial charge in [-0.3, -0.25) is 0 Å². The molecule has 0 aromatic carbocycles. The first-order valence-electron chi connectivity index (χ1n) is 6.33. The molecule has 5 nitrogen and oxygen atoms in total. The molecule has 100 valence electrons. The van der Waals surface area contributed by atoms with Crippen LogP contribution in [0, 0.1) is 0 Å². The first kappa shape index (κ1) is 13.3. The summed E-state index contributed by atoms with van der Waals surface area (Å²) in [6.07, 6.45) is 3.13. The topological polar surface area (TPSA) is 72.6 Å². The number of nitrogens with two attached hydrogens (primary N) is 1. The Labute approximate surface area is 103 Å². The van der Waals surface area contributed by atoms with Gasteiger partial charge in [0.1, 0.15) is 0 Å². The minimum Gasteiger partial charge on any atom is -0.381 e. The Morgan fingerprint density at radius 2 is 1.94 bits per heavy atom. The van der Waals surface area contributed by atoms with Gasteiger partial charge in [-0.25, -0.2) is 8.42 Å². The third-order valence-electron chi connectivity index (χ3n) is 3.68. The van der Waals surface area contributed by atoms with Crippen LogP contribution in [0.2, 0.25) is 0 Å². The van der Waals surface area contributed by atoms with Crippen molar-refractivity contribution in [1.29, 1.82) is 0 Å². The van der Waals surface area contributed by atoms with Crippen LogP contribution in [0.5, 0.6) is 0 Å². The predicted molar refractivity (Wildman–Crippen MR) is 66.2 cm³/mol. The second kappa shape index (κ2) is 4.84. The molecule has 2 rings (SSSR count). The van der Waals surface area contributed by atoms with Gasteiger partial charge in [-0.05, 0) is 19.3 Å². The van der Waals surface area contributed by atoms with E-state index >= 15 is 0 Å². The predicted octanol–water partition coefficient (Wildman–Crippen LogP) is 0.308. The van der Waals surface area contributed by atoms with Gasteiger partial charge in [0.15, 0.2) is 0 Å². The molecule has 2 aliphatic heterocycles. The van der Waals surface area contributed by atoms with Crippen LogP contribution < -0.4 is 5.73 Å². The number of hydrogen-bond donors (Lipinski definition) is 1. The molecule has 17 heavy (non-hydrogen) atoms. The molecular weight excluding hydrogens is 240 g/mol. The highest BCUT2D eigenvalue weighted by Gasteiger charge is 2.47. The lowest BCUT2D eigenvalue weighted by atomic mass is 9.89. The van der Waals surface area contributed by atoms with E-state index in [1.165, 1.54) is 0 Å². The summed E-state index contributed by atoms with van der Waals surface area (Å²) in [4.78, 5) is 0. The van der Waals surface area contributed by atoms with Crippen molar-refractivity contribution in [1.82, 2.24) is 4.31 Å². The monoisotopic (exact) mass is 262 g/mol. The zero-order chi connectivity index (χ0) is 12.5. The molecule has 0 amide bonds. The van der Waals surface area contributed by atoms with Crippen molar-refractivity contribution >= 4 is 10.0 Å². The van der Waals surface area contributed by atoms with Crippen LogP contribution in [-0.2, 0) is 14.8 Å². The van der Waals surface area contributed by atoms with Gasteiger partial charge in [-0.2, -0.15) is 4.31 Å². The van der Waals surface area contributed by atoms with Crippen molar-refractivity contribution in [2.75, 3.05) is 26.3 Å². The maximum Gasteiger partial charge on any atom is 0.217 e. The molecule has 6 heteroatoms. The van der Waals surface area contributed by atoms with E-state index < -0.39 is 10.0 Å². The summed E-state index contributed by atoms with van der Waals surface area (Å²) in [5.74, 6) is 0. The van der Waals surface area contributed by atoms with E-state index in [-0.39, 0.29) is 10.8 Å². The highest BCUT2D eigenvalue weighted by molar-refractivity contribution is 7.89. The second-order valence-corrected chi connectivity index (χ2v) is 7.45. The van der Waals surface area contributed by atoms with Crippen molar-refractivity contribution in [2.24, 2.45) is 5.73 Å². The van der Waals surface area contributed by atoms with Gasteiger partial charge < -0.3 is 10.5 Å². The lowest BCUT2D eigenvalue weighted by molar-refractivity contribution is 0.0930. The molecule has 2 heterocycles. The molecular formula is C11H22N2O3S. The maximum absolute atomic E-state index is 12.3. The Hall–Kier alpha value is -0.170. The molecule has 0 radical (unpaired) electrons. The van der Waals surface area contributed by atoms with Gasteiger partial charge in [-0.1, -0.05) is 13.3 Å². The van der Waals surface area contributed by atoms with E-state index in [2.05, 4.69) is 6.92 Å². The standard InChI is InChI=1S/C11H22N2O3S/c1-2-5-11(12)8-13(9-11)17(14,15)10-3-6-16-7-4-10/h10H,2-9,12H2,1H3. The zero-order valence-electron chi connectivity index (χ0n) is 10.4. The van der Waals surface area contributed by atoms with Crippen LogP contribution in [0.4, 0.5) is 0 Å². The van der Waals surface area contributed by atoms with E-state index in [0.29, 0.717) is 39.1 Å². The third kappa shape index (κ3) is 2.65. The van der Waals surface area contributed by atoms with Crippen molar-refractivity contribution in [3.05, 3.63) is 0 Å². The van der Waals surface area contributed by atoms with Crippen LogP contribution >= 0.6 is 0 Å². The molecule has 0 saturated carbocycles. The SMILES string of the molecule is CCCC1(N)CN(S(=O)(=O)C2CCOCC2)C1. The number of sulfonamides is 1. The molecule has 2 aliphatic rings. The summed E-state index contributed by atoms with van der Waals surface area (Å²) in [6, 6.07) is 0. The average molecular weight is 262 g/mol. The van der Waals surface area contributed by atoms with E-state index in [1.54, 1.807) is 4.31 Å². The fraction of sp³-hybridized carbons (Fsp3) is 1.00. The molecule has 2 saturated heterocycles. The first-order chi connectivity index (χ1) is 7.98. The fourth-order valence-electron chi connectivity index (χ4n) is 2.68. The van der Waals surface area contributed by atoms with E-state index in [4.69, 9.17) is 10.5 Å². The highest BCUT2D eigenvalue weighted by atomic mass is 32.2. The minimum absolute atomic E-state index is 0.262. The van der Waals surface area contributed by atoms with Crippen LogP contribution in [0.15, 0.2) is 0 Å². The van der Waals surface area contributed by atoms with Crippen molar-refractivity contribution in [3.8, 4) is 0 Å². The number of hydrogen-bond acceptors (Lipinski definition) is 4. The third-order valence-corrected chi connectivity index (χ3v) is 5.97. The number of rotatable bonds is 4. The maximum atomic E-state index is 12.3. The minimum atomic E-state index is -3.14. The van der Waals surface area contributed by atoms with Gasteiger partial charge in [0.05, 0.1) is 5.25 Å². The summed E-state index contributed by atoms with van der Waals surface area (Å²) >= 11 is 0. The van der Waals surface area contributed by atoms with Crippen LogP contribution in [0.3, 0.4) is 0 Å². The summed E-state index contributed by atoms with van der Waals surface area (Å²) < 4.78 is 31.3. The summed E-state index contributed by atoms with van der Waals surface area (Å²) in [7, 11) is -3.14. The molecule has 2 N–H and O–H groups in total. The molecule has 0 aromatic heterocycles. The second-order valence-electron chi connectivity index (χ2n) is 5.24. The zero-order valence-corrected chi connectivity index (χ0v) is 11.2. The largest absolute Gasteiger partial charge is 0.381 e. The van der Waals surface area contributed by atoms with E-state index in [0.717, 1.165) is 12.8 Å². The summed E-state index contributed by atoms with van der Waals surface area (Å²) in [5, 5.41) is -0.262. The van der Waals surface area contributed by atoms with Crippen LogP contribution in [-0.4, -0.2) is 49.8 Å². The molecule has 0 spiro atoms. The number of ether oxygens (including phenoxy) is 1. The van der Waals surface area contributed by atoms with Crippen molar-refractivity contribution in [3.63, 3.8) is 0 Å². The molecule has 2 fully saturated rings. The van der Waals surface area contributed by atoms with Crippen LogP contribution in [0.1, 0.15) is 32.6 Å². The lowest BCUT2D eigenvalue weighted by Crippen LogP contribution is -2.69. The molecule has 0 atom stereocenters. The Morgan fingerprint density at radius 3 is 2.47 bits per heavy atom. The van der Waals surface area contributed by atoms with Crippen molar-refractivity contribution < 1.29 is 13.2 Å². The van der Waals surface area contributed by atoms with Gasteiger partial charge in [0.2, 0.25) is 10.0 Å². The fourth-order valence-corrected chi connectivity index (χ4v) is 4.76. The molecule has 0 aliphatic carbocycles. The van der Waals surface area contributed by atoms with Crippen molar-refractivity contribution in [2.45, 2.75) is 43.4 Å². The van der Waals surface area contributed by atoms with Gasteiger partial charge in [0.25, 0.3) is 0 Å². The molecule has 0 aromatic rings. The number of nitrogens with zero attached hydrogens (tertiary/aromatic N) is 1. The Kier molecular flexibility index (Phi) is 3.77. The Bertz CT molecular complexity index is 357. The van der Waals surface area contributed by atoms with Gasteiger partial charge >= 0.3 is 0 Å². The van der Waals surface area contributed by atoms with Gasteiger partial charge in [-0.15, -0.1) is 0 Å². The average Bonchev–Trinajstić information content (AvgIpc) is 2.27. The normalized spacial score (nSPS) is 26.7. The van der Waals surface area contributed by atoms with E-state index in [1.807, 2.05) is 0 Å². The highest BCUT2D eigenvalue weighted by Crippen LogP contribution is 2.30. The van der Waals surface area contributed by atoms with Crippen LogP contribution in [0.25, 0.3) is 0 Å².